The molecule has 1 unspecified atom stereocenters. The van der Waals surface area contributed by atoms with Gasteiger partial charge >= 0.3 is 0 Å². The van der Waals surface area contributed by atoms with Gasteiger partial charge in [-0.3, -0.25) is 0 Å². The van der Waals surface area contributed by atoms with Crippen molar-refractivity contribution < 1.29 is 0 Å². The highest BCUT2D eigenvalue weighted by molar-refractivity contribution is 5.86. The minimum absolute atomic E-state index is 0.395. The summed E-state index contributed by atoms with van der Waals surface area (Å²) in [5, 5.41) is 6.20. The zero-order valence-corrected chi connectivity index (χ0v) is 12.5. The van der Waals surface area contributed by atoms with E-state index in [0.717, 1.165) is 12.6 Å². The Balaban J connectivity index is 1.86. The van der Waals surface area contributed by atoms with Crippen LogP contribution in [0.1, 0.15) is 30.9 Å². The Morgan fingerprint density at radius 3 is 2.60 bits per heavy atom. The van der Waals surface area contributed by atoms with Gasteiger partial charge in [-0.05, 0) is 43.3 Å². The summed E-state index contributed by atoms with van der Waals surface area (Å²) in [7, 11) is 4.33. The maximum absolute atomic E-state index is 3.50. The Labute approximate surface area is 121 Å². The van der Waals surface area contributed by atoms with E-state index in [1.807, 2.05) is 0 Å². The van der Waals surface area contributed by atoms with Crippen molar-refractivity contribution in [2.24, 2.45) is 0 Å². The molecule has 1 saturated carbocycles. The van der Waals surface area contributed by atoms with Crippen LogP contribution in [-0.4, -0.2) is 31.6 Å². The molecule has 106 valence electrons. The van der Waals surface area contributed by atoms with Gasteiger partial charge < -0.3 is 10.2 Å². The molecule has 0 spiro atoms. The summed E-state index contributed by atoms with van der Waals surface area (Å²) in [6.07, 6.45) is 4.12. The van der Waals surface area contributed by atoms with E-state index in [4.69, 9.17) is 0 Å². The van der Waals surface area contributed by atoms with Crippen molar-refractivity contribution in [1.82, 2.24) is 10.2 Å². The van der Waals surface area contributed by atoms with Crippen LogP contribution in [-0.2, 0) is 0 Å². The number of nitrogens with one attached hydrogen (secondary N) is 1. The van der Waals surface area contributed by atoms with E-state index in [2.05, 4.69) is 66.8 Å². The van der Waals surface area contributed by atoms with Gasteiger partial charge in [0, 0.05) is 18.6 Å². The van der Waals surface area contributed by atoms with Crippen molar-refractivity contribution in [1.29, 1.82) is 0 Å². The molecule has 3 rings (SSSR count). The van der Waals surface area contributed by atoms with Crippen LogP contribution in [0.25, 0.3) is 10.8 Å². The fourth-order valence-corrected chi connectivity index (χ4v) is 3.16. The SMILES string of the molecule is CNC(CN(C)C1CCC1)c1cccc2ccccc12. The fraction of sp³-hybridized carbons (Fsp3) is 0.444. The third-order valence-corrected chi connectivity index (χ3v) is 4.72. The third kappa shape index (κ3) is 2.58. The van der Waals surface area contributed by atoms with Crippen LogP contribution in [0.2, 0.25) is 0 Å². The van der Waals surface area contributed by atoms with E-state index >= 15 is 0 Å². The number of likely N-dealkylation sites (N-methyl/N-ethyl adjacent to an activating group) is 2. The summed E-state index contributed by atoms with van der Waals surface area (Å²) in [6, 6.07) is 16.5. The molecular formula is C18H24N2. The number of fused-ring (bicyclic) bond motifs is 1. The molecule has 0 radical (unpaired) electrons. The molecule has 1 N–H and O–H groups in total. The van der Waals surface area contributed by atoms with E-state index in [1.54, 1.807) is 0 Å². The van der Waals surface area contributed by atoms with Crippen molar-refractivity contribution in [2.75, 3.05) is 20.6 Å². The lowest BCUT2D eigenvalue weighted by atomic mass is 9.91. The highest BCUT2D eigenvalue weighted by atomic mass is 15.2. The van der Waals surface area contributed by atoms with Crippen molar-refractivity contribution in [3.63, 3.8) is 0 Å². The number of hydrogen-bond acceptors (Lipinski definition) is 2. The maximum atomic E-state index is 3.50. The number of rotatable bonds is 5. The molecular weight excluding hydrogens is 244 g/mol. The smallest absolute Gasteiger partial charge is 0.0453 e. The summed E-state index contributed by atoms with van der Waals surface area (Å²) in [5.74, 6) is 0. The molecule has 2 aromatic carbocycles. The van der Waals surface area contributed by atoms with Crippen molar-refractivity contribution in [3.05, 3.63) is 48.0 Å². The molecule has 2 aromatic rings. The number of hydrogen-bond donors (Lipinski definition) is 1. The first-order valence-electron chi connectivity index (χ1n) is 7.65. The summed E-state index contributed by atoms with van der Waals surface area (Å²) >= 11 is 0. The Bertz CT molecular complexity index is 569. The third-order valence-electron chi connectivity index (χ3n) is 4.72. The number of benzene rings is 2. The molecule has 0 bridgehead atoms. The molecule has 20 heavy (non-hydrogen) atoms. The van der Waals surface area contributed by atoms with Gasteiger partial charge in [0.2, 0.25) is 0 Å². The van der Waals surface area contributed by atoms with Gasteiger partial charge in [0.05, 0.1) is 0 Å². The largest absolute Gasteiger partial charge is 0.312 e. The van der Waals surface area contributed by atoms with Gasteiger partial charge in [0.1, 0.15) is 0 Å². The van der Waals surface area contributed by atoms with Crippen molar-refractivity contribution in [2.45, 2.75) is 31.3 Å². The summed E-state index contributed by atoms with van der Waals surface area (Å²) < 4.78 is 0. The first-order valence-corrected chi connectivity index (χ1v) is 7.65. The van der Waals surface area contributed by atoms with E-state index in [-0.39, 0.29) is 0 Å². The maximum Gasteiger partial charge on any atom is 0.0453 e. The van der Waals surface area contributed by atoms with Crippen LogP contribution in [0.3, 0.4) is 0 Å². The first-order chi connectivity index (χ1) is 9.79. The molecule has 1 atom stereocenters. The predicted molar refractivity (Wildman–Crippen MR) is 86.0 cm³/mol. The van der Waals surface area contributed by atoms with Gasteiger partial charge in [0.15, 0.2) is 0 Å². The topological polar surface area (TPSA) is 15.3 Å². The van der Waals surface area contributed by atoms with Gasteiger partial charge in [-0.25, -0.2) is 0 Å². The summed E-state index contributed by atoms with van der Waals surface area (Å²) in [4.78, 5) is 2.52. The van der Waals surface area contributed by atoms with E-state index < -0.39 is 0 Å². The molecule has 0 aromatic heterocycles. The van der Waals surface area contributed by atoms with Crippen LogP contribution in [0.5, 0.6) is 0 Å². The Morgan fingerprint density at radius 2 is 1.90 bits per heavy atom. The van der Waals surface area contributed by atoms with E-state index in [9.17, 15) is 0 Å². The lowest BCUT2D eigenvalue weighted by Gasteiger charge is -2.37. The zero-order chi connectivity index (χ0) is 13.9. The quantitative estimate of drug-likeness (QED) is 0.891. The standard InChI is InChI=1S/C18H24N2/c1-19-18(13-20(2)15-9-6-10-15)17-12-5-8-14-7-3-4-11-16(14)17/h3-5,7-8,11-12,15,18-19H,6,9-10,13H2,1-2H3. The molecule has 1 aliphatic rings. The fourth-order valence-electron chi connectivity index (χ4n) is 3.16. The lowest BCUT2D eigenvalue weighted by molar-refractivity contribution is 0.147. The Morgan fingerprint density at radius 1 is 1.15 bits per heavy atom. The molecule has 1 aliphatic carbocycles. The first kappa shape index (κ1) is 13.6. The highest BCUT2D eigenvalue weighted by Crippen LogP contribution is 2.28. The average Bonchev–Trinajstić information content (AvgIpc) is 2.42. The number of nitrogens with zero attached hydrogens (tertiary/aromatic N) is 1. The van der Waals surface area contributed by atoms with Gasteiger partial charge in [-0.1, -0.05) is 48.9 Å². The van der Waals surface area contributed by atoms with Crippen LogP contribution in [0.15, 0.2) is 42.5 Å². The molecule has 0 saturated heterocycles. The molecule has 0 aliphatic heterocycles. The van der Waals surface area contributed by atoms with Crippen LogP contribution in [0.4, 0.5) is 0 Å². The normalized spacial score (nSPS) is 17.4. The minimum atomic E-state index is 0.395. The highest BCUT2D eigenvalue weighted by Gasteiger charge is 2.24. The van der Waals surface area contributed by atoms with Crippen LogP contribution in [0, 0.1) is 0 Å². The Hall–Kier alpha value is -1.38. The Kier molecular flexibility index (Phi) is 4.04. The predicted octanol–water partition coefficient (Wildman–Crippen LogP) is 3.58. The molecule has 2 nitrogen and oxygen atoms in total. The van der Waals surface area contributed by atoms with Crippen LogP contribution < -0.4 is 5.32 Å². The average molecular weight is 268 g/mol. The van der Waals surface area contributed by atoms with Gasteiger partial charge in [-0.2, -0.15) is 0 Å². The minimum Gasteiger partial charge on any atom is -0.312 e. The van der Waals surface area contributed by atoms with Crippen LogP contribution >= 0.6 is 0 Å². The molecule has 0 amide bonds. The monoisotopic (exact) mass is 268 g/mol. The molecule has 2 heteroatoms. The van der Waals surface area contributed by atoms with Gasteiger partial charge in [-0.15, -0.1) is 0 Å². The second-order valence-electron chi connectivity index (χ2n) is 5.93. The van der Waals surface area contributed by atoms with Crippen molar-refractivity contribution in [3.8, 4) is 0 Å². The zero-order valence-electron chi connectivity index (χ0n) is 12.5. The van der Waals surface area contributed by atoms with Gasteiger partial charge in [0.25, 0.3) is 0 Å². The second kappa shape index (κ2) is 5.94. The van der Waals surface area contributed by atoms with E-state index in [0.29, 0.717) is 6.04 Å². The van der Waals surface area contributed by atoms with Crippen molar-refractivity contribution >= 4 is 10.8 Å². The summed E-state index contributed by atoms with van der Waals surface area (Å²) in [6.45, 7) is 1.08. The molecule has 1 fully saturated rings. The van der Waals surface area contributed by atoms with E-state index in [1.165, 1.54) is 35.6 Å². The molecule has 0 heterocycles. The lowest BCUT2D eigenvalue weighted by Crippen LogP contribution is -2.41. The summed E-state index contributed by atoms with van der Waals surface area (Å²) in [5.41, 5.74) is 1.41. The second-order valence-corrected chi connectivity index (χ2v) is 5.93.